The Labute approximate surface area is 300 Å². The second-order valence-corrected chi connectivity index (χ2v) is 15.2. The first kappa shape index (κ1) is 36.9. The highest BCUT2D eigenvalue weighted by atomic mass is 32.2. The first-order chi connectivity index (χ1) is 24.8. The number of imide groups is 2. The van der Waals surface area contributed by atoms with Gasteiger partial charge < -0.3 is 9.47 Å². The Morgan fingerprint density at radius 1 is 0.442 bits per heavy atom. The lowest BCUT2D eigenvalue weighted by Crippen LogP contribution is -2.45. The van der Waals surface area contributed by atoms with E-state index in [9.17, 15) is 36.0 Å². The Hall–Kier alpha value is -4.84. The van der Waals surface area contributed by atoms with E-state index in [1.165, 1.54) is 48.5 Å². The lowest BCUT2D eigenvalue weighted by atomic mass is 9.86. The van der Waals surface area contributed by atoms with Crippen molar-refractivity contribution in [1.82, 2.24) is 9.80 Å². The standard InChI is InChI=1S/C36H34N2O12S2/c1-23-3-7-25(8-4-23)51(43,44)49-21-19-47-17-15-37-33(39)27-11-13-29-32-30(14-12-28(31(27)32)34(37)40)36(42)38(35(29)41)16-18-48-20-22-50-52(45,46)26-9-5-24(2)6-10-26/h3-14H,15-22H2,1-2H3. The molecule has 14 nitrogen and oxygen atoms in total. The summed E-state index contributed by atoms with van der Waals surface area (Å²) >= 11 is 0. The van der Waals surface area contributed by atoms with Crippen LogP contribution in [0.2, 0.25) is 0 Å². The van der Waals surface area contributed by atoms with Crippen LogP contribution in [0.15, 0.2) is 82.6 Å². The van der Waals surface area contributed by atoms with Crippen LogP contribution in [0.3, 0.4) is 0 Å². The summed E-state index contributed by atoms with van der Waals surface area (Å²) < 4.78 is 70.4. The van der Waals surface area contributed by atoms with Crippen molar-refractivity contribution in [3.05, 3.63) is 106 Å². The third-order valence-corrected chi connectivity index (χ3v) is 11.2. The summed E-state index contributed by atoms with van der Waals surface area (Å²) in [4.78, 5) is 56.0. The van der Waals surface area contributed by atoms with E-state index >= 15 is 0 Å². The highest BCUT2D eigenvalue weighted by Gasteiger charge is 2.39. The Morgan fingerprint density at radius 3 is 1.06 bits per heavy atom. The van der Waals surface area contributed by atoms with Crippen molar-refractivity contribution >= 4 is 54.6 Å². The third-order valence-electron chi connectivity index (χ3n) is 8.53. The zero-order valence-corrected chi connectivity index (χ0v) is 29.8. The van der Waals surface area contributed by atoms with E-state index in [0.29, 0.717) is 0 Å². The van der Waals surface area contributed by atoms with Crippen molar-refractivity contribution < 1.29 is 53.9 Å². The summed E-state index contributed by atoms with van der Waals surface area (Å²) in [6, 6.07) is 18.1. The minimum absolute atomic E-state index is 0.0130. The molecule has 6 rings (SSSR count). The molecule has 0 radical (unpaired) electrons. The second-order valence-electron chi connectivity index (χ2n) is 12.0. The molecule has 2 aliphatic heterocycles. The topological polar surface area (TPSA) is 180 Å². The number of carbonyl (C=O) groups is 4. The Balaban J connectivity index is 1.03. The zero-order chi connectivity index (χ0) is 37.2. The lowest BCUT2D eigenvalue weighted by Gasteiger charge is -2.31. The molecule has 4 aromatic rings. The van der Waals surface area contributed by atoms with E-state index in [0.717, 1.165) is 20.9 Å². The van der Waals surface area contributed by atoms with Gasteiger partial charge in [0.25, 0.3) is 43.9 Å². The van der Waals surface area contributed by atoms with Crippen LogP contribution in [0.1, 0.15) is 52.6 Å². The number of hydrogen-bond donors (Lipinski definition) is 0. The molecule has 0 fully saturated rings. The zero-order valence-electron chi connectivity index (χ0n) is 28.2. The molecule has 16 heteroatoms. The summed E-state index contributed by atoms with van der Waals surface area (Å²) in [7, 11) is -7.95. The van der Waals surface area contributed by atoms with Crippen LogP contribution in [-0.4, -0.2) is 103 Å². The van der Waals surface area contributed by atoms with Gasteiger partial charge >= 0.3 is 0 Å². The smallest absolute Gasteiger partial charge is 0.297 e. The fourth-order valence-electron chi connectivity index (χ4n) is 5.85. The SMILES string of the molecule is Cc1ccc(S(=O)(=O)OCCOCCN2C(=O)c3ccc4c5c(ccc(c35)C2=O)C(=O)N(CCOCCOS(=O)(=O)c2ccc(C)cc2)C4=O)cc1. The molecule has 0 aliphatic carbocycles. The number of aryl methyl sites for hydroxylation is 2. The molecule has 4 amide bonds. The summed E-state index contributed by atoms with van der Waals surface area (Å²) in [5, 5.41) is 0.419. The van der Waals surface area contributed by atoms with Gasteiger partial charge in [0.2, 0.25) is 0 Å². The molecule has 2 heterocycles. The summed E-state index contributed by atoms with van der Waals surface area (Å²) in [6.07, 6.45) is 0. The molecule has 2 aliphatic rings. The molecule has 52 heavy (non-hydrogen) atoms. The van der Waals surface area contributed by atoms with E-state index in [1.807, 2.05) is 13.8 Å². The minimum Gasteiger partial charge on any atom is -0.377 e. The van der Waals surface area contributed by atoms with Gasteiger partial charge in [0.15, 0.2) is 0 Å². The van der Waals surface area contributed by atoms with Gasteiger partial charge in [0.1, 0.15) is 0 Å². The van der Waals surface area contributed by atoms with Gasteiger partial charge in [-0.05, 0) is 62.4 Å². The number of ether oxygens (including phenoxy) is 2. The third kappa shape index (κ3) is 7.39. The van der Waals surface area contributed by atoms with Crippen molar-refractivity contribution in [1.29, 1.82) is 0 Å². The largest absolute Gasteiger partial charge is 0.377 e. The Bertz CT molecular complexity index is 2060. The molecule has 0 spiro atoms. The van der Waals surface area contributed by atoms with Crippen LogP contribution in [0.4, 0.5) is 0 Å². The molecule has 0 atom stereocenters. The highest BCUT2D eigenvalue weighted by Crippen LogP contribution is 2.37. The lowest BCUT2D eigenvalue weighted by molar-refractivity contribution is 0.0476. The van der Waals surface area contributed by atoms with E-state index < -0.39 is 43.9 Å². The van der Waals surface area contributed by atoms with Crippen LogP contribution in [0.5, 0.6) is 0 Å². The van der Waals surface area contributed by atoms with E-state index in [2.05, 4.69) is 0 Å². The van der Waals surface area contributed by atoms with Crippen molar-refractivity contribution in [2.75, 3.05) is 52.7 Å². The molecule has 4 aromatic carbocycles. The number of rotatable bonds is 16. The second kappa shape index (κ2) is 15.0. The summed E-state index contributed by atoms with van der Waals surface area (Å²) in [5.41, 5.74) is 2.35. The van der Waals surface area contributed by atoms with Gasteiger partial charge in [-0.3, -0.25) is 37.3 Å². The molecular weight excluding hydrogens is 717 g/mol. The number of carbonyl (C=O) groups excluding carboxylic acids is 4. The average molecular weight is 751 g/mol. The van der Waals surface area contributed by atoms with Gasteiger partial charge in [0.05, 0.1) is 62.5 Å². The number of hydrogen-bond acceptors (Lipinski definition) is 12. The first-order valence-electron chi connectivity index (χ1n) is 16.2. The van der Waals surface area contributed by atoms with Gasteiger partial charge in [-0.1, -0.05) is 35.4 Å². The van der Waals surface area contributed by atoms with Gasteiger partial charge in [-0.25, -0.2) is 0 Å². The maximum Gasteiger partial charge on any atom is 0.297 e. The van der Waals surface area contributed by atoms with E-state index in [1.54, 1.807) is 24.3 Å². The van der Waals surface area contributed by atoms with E-state index in [-0.39, 0.29) is 95.5 Å². The maximum atomic E-state index is 13.5. The number of benzene rings is 4. The Morgan fingerprint density at radius 2 is 0.750 bits per heavy atom. The van der Waals surface area contributed by atoms with Crippen LogP contribution < -0.4 is 0 Å². The van der Waals surface area contributed by atoms with Crippen molar-refractivity contribution in [2.24, 2.45) is 0 Å². The molecular formula is C36H34N2O12S2. The molecule has 0 N–H and O–H groups in total. The van der Waals surface area contributed by atoms with Crippen LogP contribution in [0.25, 0.3) is 10.8 Å². The van der Waals surface area contributed by atoms with Gasteiger partial charge in [0, 0.05) is 33.0 Å². The van der Waals surface area contributed by atoms with Crippen LogP contribution >= 0.6 is 0 Å². The average Bonchev–Trinajstić information content (AvgIpc) is 3.12. The van der Waals surface area contributed by atoms with Crippen LogP contribution in [-0.2, 0) is 38.1 Å². The van der Waals surface area contributed by atoms with Gasteiger partial charge in [-0.15, -0.1) is 0 Å². The van der Waals surface area contributed by atoms with Crippen molar-refractivity contribution in [3.8, 4) is 0 Å². The quantitative estimate of drug-likeness (QED) is 0.0926. The molecule has 0 saturated carbocycles. The molecule has 0 bridgehead atoms. The fourth-order valence-corrected chi connectivity index (χ4v) is 7.63. The van der Waals surface area contributed by atoms with Gasteiger partial charge in [-0.2, -0.15) is 16.8 Å². The molecule has 0 saturated heterocycles. The first-order valence-corrected chi connectivity index (χ1v) is 19.0. The molecule has 0 unspecified atom stereocenters. The minimum atomic E-state index is -3.97. The maximum absolute atomic E-state index is 13.5. The summed E-state index contributed by atoms with van der Waals surface area (Å²) in [6.45, 7) is 2.42. The fraction of sp³-hybridized carbons (Fsp3) is 0.278. The predicted octanol–water partition coefficient (Wildman–Crippen LogP) is 3.49. The number of amides is 4. The van der Waals surface area contributed by atoms with Crippen molar-refractivity contribution in [2.45, 2.75) is 23.6 Å². The van der Waals surface area contributed by atoms with Crippen molar-refractivity contribution in [3.63, 3.8) is 0 Å². The normalized spacial score (nSPS) is 14.5. The van der Waals surface area contributed by atoms with E-state index in [4.69, 9.17) is 17.8 Å². The van der Waals surface area contributed by atoms with Crippen LogP contribution in [0, 0.1) is 13.8 Å². The molecule has 272 valence electrons. The number of nitrogens with zero attached hydrogens (tertiary/aromatic N) is 2. The Kier molecular flexibility index (Phi) is 10.7. The molecule has 0 aromatic heterocycles. The highest BCUT2D eigenvalue weighted by molar-refractivity contribution is 7.87. The summed E-state index contributed by atoms with van der Waals surface area (Å²) in [5.74, 6) is -2.54. The predicted molar refractivity (Wildman–Crippen MR) is 185 cm³/mol. The monoisotopic (exact) mass is 750 g/mol.